The second-order valence-corrected chi connectivity index (χ2v) is 6.61. The van der Waals surface area contributed by atoms with E-state index < -0.39 is 33.7 Å². The standard InChI is InChI=1S/C14H26O7S.Na.H/c1-3-5-7-9-20-13(15)11-12(22(17,18)19)14(16)21-10-8-6-4-2;;/h12H,3-11H2,1-2H3,(H,17,18,19);;. The van der Waals surface area contributed by atoms with Crippen molar-refractivity contribution in [3.05, 3.63) is 0 Å². The summed E-state index contributed by atoms with van der Waals surface area (Å²) in [4.78, 5) is 23.2. The van der Waals surface area contributed by atoms with Gasteiger partial charge in [0.15, 0.2) is 5.25 Å². The molecule has 0 aromatic rings. The zero-order valence-corrected chi connectivity index (χ0v) is 14.1. The maximum atomic E-state index is 11.7. The molecule has 1 unspecified atom stereocenters. The molecule has 0 heterocycles. The van der Waals surface area contributed by atoms with Gasteiger partial charge >= 0.3 is 41.5 Å². The van der Waals surface area contributed by atoms with Crippen molar-refractivity contribution in [3.63, 3.8) is 0 Å². The fraction of sp³-hybridized carbons (Fsp3) is 0.857. The van der Waals surface area contributed by atoms with Gasteiger partial charge in [0.1, 0.15) is 0 Å². The number of rotatable bonds is 12. The topological polar surface area (TPSA) is 107 Å². The van der Waals surface area contributed by atoms with Gasteiger partial charge in [-0.25, -0.2) is 0 Å². The molecule has 0 saturated carbocycles. The molecule has 0 rings (SSSR count). The molecule has 0 aromatic heterocycles. The molecule has 0 saturated heterocycles. The van der Waals surface area contributed by atoms with Crippen molar-refractivity contribution in [1.82, 2.24) is 0 Å². The van der Waals surface area contributed by atoms with Crippen molar-refractivity contribution in [3.8, 4) is 0 Å². The molecule has 0 radical (unpaired) electrons. The van der Waals surface area contributed by atoms with Crippen LogP contribution in [0.25, 0.3) is 0 Å². The minimum absolute atomic E-state index is 0. The number of ether oxygens (including phenoxy) is 2. The van der Waals surface area contributed by atoms with Crippen LogP contribution in [0, 0.1) is 0 Å². The average Bonchev–Trinajstić information content (AvgIpc) is 2.44. The Labute approximate surface area is 160 Å². The van der Waals surface area contributed by atoms with Crippen molar-refractivity contribution in [1.29, 1.82) is 0 Å². The van der Waals surface area contributed by atoms with Crippen LogP contribution in [0.5, 0.6) is 0 Å². The van der Waals surface area contributed by atoms with E-state index in [1.165, 1.54) is 0 Å². The van der Waals surface area contributed by atoms with E-state index in [0.29, 0.717) is 12.8 Å². The Morgan fingerprint density at radius 3 is 1.87 bits per heavy atom. The first-order valence-corrected chi connectivity index (χ1v) is 9.11. The van der Waals surface area contributed by atoms with Gasteiger partial charge in [-0.05, 0) is 12.8 Å². The third kappa shape index (κ3) is 12.9. The minimum atomic E-state index is -4.71. The van der Waals surface area contributed by atoms with Crippen LogP contribution in [0.2, 0.25) is 0 Å². The summed E-state index contributed by atoms with van der Waals surface area (Å²) in [6.45, 7) is 4.18. The fourth-order valence-corrected chi connectivity index (χ4v) is 2.33. The molecule has 1 N–H and O–H groups in total. The van der Waals surface area contributed by atoms with E-state index in [1.54, 1.807) is 0 Å². The predicted molar refractivity (Wildman–Crippen MR) is 88.1 cm³/mol. The molecule has 7 nitrogen and oxygen atoms in total. The van der Waals surface area contributed by atoms with Gasteiger partial charge in [0, 0.05) is 0 Å². The van der Waals surface area contributed by atoms with Crippen LogP contribution < -0.4 is 0 Å². The van der Waals surface area contributed by atoms with Crippen LogP contribution in [0.1, 0.15) is 58.8 Å². The summed E-state index contributed by atoms with van der Waals surface area (Å²) in [7, 11) is -4.71. The number of esters is 2. The van der Waals surface area contributed by atoms with Crippen LogP contribution in [0.15, 0.2) is 0 Å². The maximum absolute atomic E-state index is 11.7. The Balaban J connectivity index is 0. The molecule has 0 bridgehead atoms. The van der Waals surface area contributed by atoms with E-state index in [9.17, 15) is 18.0 Å². The molecule has 9 heteroatoms. The van der Waals surface area contributed by atoms with Crippen molar-refractivity contribution >= 4 is 51.6 Å². The molecule has 1 atom stereocenters. The van der Waals surface area contributed by atoms with E-state index in [1.807, 2.05) is 13.8 Å². The summed E-state index contributed by atoms with van der Waals surface area (Å²) in [5.41, 5.74) is 0. The quantitative estimate of drug-likeness (QED) is 0.242. The van der Waals surface area contributed by atoms with Crippen LogP contribution in [-0.4, -0.2) is 72.9 Å². The molecule has 23 heavy (non-hydrogen) atoms. The van der Waals surface area contributed by atoms with Gasteiger partial charge in [0.05, 0.1) is 19.6 Å². The molecular weight excluding hydrogens is 335 g/mol. The Kier molecular flexibility index (Phi) is 15.5. The van der Waals surface area contributed by atoms with Gasteiger partial charge in [-0.15, -0.1) is 0 Å². The predicted octanol–water partition coefficient (Wildman–Crippen LogP) is 1.45. The van der Waals surface area contributed by atoms with E-state index in [4.69, 9.17) is 14.0 Å². The molecule has 0 spiro atoms. The number of carbonyl (C=O) groups is 2. The Morgan fingerprint density at radius 1 is 0.957 bits per heavy atom. The molecule has 0 aliphatic heterocycles. The van der Waals surface area contributed by atoms with E-state index in [2.05, 4.69) is 0 Å². The van der Waals surface area contributed by atoms with Crippen molar-refractivity contribution < 1.29 is 32.0 Å². The first-order chi connectivity index (χ1) is 10.3. The molecule has 0 aliphatic carbocycles. The third-order valence-electron chi connectivity index (χ3n) is 2.98. The SMILES string of the molecule is CCCCCOC(=O)CC(C(=O)OCCCCC)S(=O)(=O)O.[NaH]. The van der Waals surface area contributed by atoms with E-state index in [0.717, 1.165) is 25.7 Å². The molecule has 0 aliphatic rings. The first-order valence-electron chi connectivity index (χ1n) is 7.61. The molecule has 132 valence electrons. The van der Waals surface area contributed by atoms with Gasteiger partial charge in [0.25, 0.3) is 10.1 Å². The van der Waals surface area contributed by atoms with E-state index in [-0.39, 0.29) is 42.8 Å². The second kappa shape index (κ2) is 14.2. The molecule has 0 fully saturated rings. The van der Waals surface area contributed by atoms with Crippen LogP contribution >= 0.6 is 0 Å². The van der Waals surface area contributed by atoms with Gasteiger partial charge in [0.2, 0.25) is 0 Å². The van der Waals surface area contributed by atoms with Gasteiger partial charge in [-0.3, -0.25) is 14.1 Å². The van der Waals surface area contributed by atoms with Gasteiger partial charge in [-0.2, -0.15) is 8.42 Å². The van der Waals surface area contributed by atoms with Gasteiger partial charge < -0.3 is 9.47 Å². The summed E-state index contributed by atoms with van der Waals surface area (Å²) in [6, 6.07) is 0. The Bertz CT molecular complexity index is 436. The number of carbonyl (C=O) groups excluding carboxylic acids is 2. The summed E-state index contributed by atoms with van der Waals surface area (Å²) >= 11 is 0. The molecule has 0 amide bonds. The zero-order valence-electron chi connectivity index (χ0n) is 13.2. The summed E-state index contributed by atoms with van der Waals surface area (Å²) in [5.74, 6) is -1.96. The molecular formula is C14H27NaO7S. The zero-order chi connectivity index (χ0) is 17.0. The Morgan fingerprint density at radius 2 is 1.43 bits per heavy atom. The number of hydrogen-bond donors (Lipinski definition) is 1. The third-order valence-corrected chi connectivity index (χ3v) is 4.06. The average molecular weight is 362 g/mol. The van der Waals surface area contributed by atoms with E-state index >= 15 is 0 Å². The first kappa shape index (κ1) is 25.1. The molecule has 0 aromatic carbocycles. The van der Waals surface area contributed by atoms with Crippen LogP contribution in [-0.2, 0) is 29.2 Å². The number of unbranched alkanes of at least 4 members (excludes halogenated alkanes) is 4. The van der Waals surface area contributed by atoms with Crippen molar-refractivity contribution in [2.75, 3.05) is 13.2 Å². The number of hydrogen-bond acceptors (Lipinski definition) is 6. The van der Waals surface area contributed by atoms with Gasteiger partial charge in [-0.1, -0.05) is 39.5 Å². The summed E-state index contributed by atoms with van der Waals surface area (Å²) in [5, 5.41) is -1.92. The fourth-order valence-electron chi connectivity index (χ4n) is 1.68. The normalized spacial score (nSPS) is 12.1. The summed E-state index contributed by atoms with van der Waals surface area (Å²) in [6.07, 6.45) is 4.12. The van der Waals surface area contributed by atoms with Crippen molar-refractivity contribution in [2.24, 2.45) is 0 Å². The monoisotopic (exact) mass is 362 g/mol. The van der Waals surface area contributed by atoms with Crippen molar-refractivity contribution in [2.45, 2.75) is 64.0 Å². The Hall–Kier alpha value is -0.150. The second-order valence-electron chi connectivity index (χ2n) is 5.01. The van der Waals surface area contributed by atoms with Crippen LogP contribution in [0.4, 0.5) is 0 Å². The summed E-state index contributed by atoms with van der Waals surface area (Å²) < 4.78 is 41.1. The van der Waals surface area contributed by atoms with Crippen LogP contribution in [0.3, 0.4) is 0 Å².